The van der Waals surface area contributed by atoms with Gasteiger partial charge in [0.25, 0.3) is 0 Å². The van der Waals surface area contributed by atoms with Gasteiger partial charge in [0.05, 0.1) is 12.3 Å². The van der Waals surface area contributed by atoms with Gasteiger partial charge in [-0.1, -0.05) is 60.7 Å². The Bertz CT molecular complexity index is 1130. The van der Waals surface area contributed by atoms with Crippen LogP contribution in [0.4, 0.5) is 10.1 Å². The Kier molecular flexibility index (Phi) is 4.39. The zero-order valence-corrected chi connectivity index (χ0v) is 16.6. The molecule has 0 spiro atoms. The summed E-state index contributed by atoms with van der Waals surface area (Å²) in [7, 11) is 0. The lowest BCUT2D eigenvalue weighted by Gasteiger charge is -2.28. The first-order valence-electron chi connectivity index (χ1n) is 10.1. The van der Waals surface area contributed by atoms with Gasteiger partial charge in [0.1, 0.15) is 11.4 Å². The molecule has 1 aliphatic heterocycles. The molecule has 2 atom stereocenters. The fraction of sp³-hybridized carbons (Fsp3) is 0.200. The lowest BCUT2D eigenvalue weighted by molar-refractivity contribution is -0.135. The first-order chi connectivity index (χ1) is 14.6. The van der Waals surface area contributed by atoms with Crippen LogP contribution in [0.1, 0.15) is 18.9 Å². The van der Waals surface area contributed by atoms with Crippen LogP contribution in [-0.2, 0) is 15.1 Å². The number of benzene rings is 3. The second-order valence-corrected chi connectivity index (χ2v) is 7.59. The number of anilines is 1. The van der Waals surface area contributed by atoms with E-state index < -0.39 is 11.5 Å². The lowest BCUT2D eigenvalue weighted by Crippen LogP contribution is -2.30. The van der Waals surface area contributed by atoms with E-state index in [0.29, 0.717) is 17.7 Å². The van der Waals surface area contributed by atoms with Crippen molar-refractivity contribution in [2.24, 2.45) is 11.0 Å². The molecule has 1 saturated carbocycles. The molecule has 30 heavy (non-hydrogen) atoms. The number of carbonyl (C=O) groups is 1. The summed E-state index contributed by atoms with van der Waals surface area (Å²) in [6, 6.07) is 24.8. The number of nitrogens with zero attached hydrogens (tertiary/aromatic N) is 2. The lowest BCUT2D eigenvalue weighted by atomic mass is 9.99. The summed E-state index contributed by atoms with van der Waals surface area (Å²) in [6.45, 7) is 2.05. The van der Waals surface area contributed by atoms with Crippen molar-refractivity contribution < 1.29 is 13.9 Å². The Morgan fingerprint density at radius 1 is 1.03 bits per heavy atom. The number of ether oxygens (including phenoxy) is 1. The maximum absolute atomic E-state index is 14.8. The molecule has 1 aliphatic carbocycles. The van der Waals surface area contributed by atoms with E-state index in [1.165, 1.54) is 6.07 Å². The minimum absolute atomic E-state index is 0.178. The molecule has 150 valence electrons. The highest BCUT2D eigenvalue weighted by Crippen LogP contribution is 2.62. The van der Waals surface area contributed by atoms with Crippen molar-refractivity contribution in [2.45, 2.75) is 18.9 Å². The molecular formula is C25H21FN2O2. The average molecular weight is 400 g/mol. The first-order valence-corrected chi connectivity index (χ1v) is 10.1. The average Bonchev–Trinajstić information content (AvgIpc) is 3.43. The van der Waals surface area contributed by atoms with Crippen LogP contribution in [0.25, 0.3) is 11.1 Å². The largest absolute Gasteiger partial charge is 0.461 e. The molecule has 4 nitrogen and oxygen atoms in total. The molecule has 0 N–H and O–H groups in total. The summed E-state index contributed by atoms with van der Waals surface area (Å²) in [5.74, 6) is -0.891. The SMILES string of the molecule is CCOC(=O)C1=NN(c2ccc(-c3ccccc3)cc2)C2(c3ccccc3F)CC12. The van der Waals surface area contributed by atoms with Crippen LogP contribution in [0.2, 0.25) is 0 Å². The van der Waals surface area contributed by atoms with Gasteiger partial charge in [-0.3, -0.25) is 5.01 Å². The molecule has 2 unspecified atom stereocenters. The van der Waals surface area contributed by atoms with Gasteiger partial charge < -0.3 is 4.74 Å². The first kappa shape index (κ1) is 18.6. The second kappa shape index (κ2) is 7.10. The van der Waals surface area contributed by atoms with Gasteiger partial charge in [0.2, 0.25) is 0 Å². The highest BCUT2D eigenvalue weighted by molar-refractivity contribution is 6.39. The fourth-order valence-corrected chi connectivity index (χ4v) is 4.40. The van der Waals surface area contributed by atoms with Crippen molar-refractivity contribution in [3.8, 4) is 11.1 Å². The summed E-state index contributed by atoms with van der Waals surface area (Å²) >= 11 is 0. The predicted molar refractivity (Wildman–Crippen MR) is 115 cm³/mol. The van der Waals surface area contributed by atoms with Crippen molar-refractivity contribution in [3.63, 3.8) is 0 Å². The van der Waals surface area contributed by atoms with Gasteiger partial charge in [0.15, 0.2) is 5.71 Å². The van der Waals surface area contributed by atoms with Gasteiger partial charge in [-0.15, -0.1) is 0 Å². The van der Waals surface area contributed by atoms with Crippen molar-refractivity contribution in [1.29, 1.82) is 0 Å². The number of hydrogen-bond donors (Lipinski definition) is 0. The van der Waals surface area contributed by atoms with E-state index in [0.717, 1.165) is 16.8 Å². The van der Waals surface area contributed by atoms with E-state index in [1.807, 2.05) is 48.5 Å². The van der Waals surface area contributed by atoms with E-state index in [1.54, 1.807) is 24.1 Å². The Hall–Kier alpha value is -3.47. The van der Waals surface area contributed by atoms with Crippen LogP contribution in [0.5, 0.6) is 0 Å². The number of hydrogen-bond acceptors (Lipinski definition) is 4. The van der Waals surface area contributed by atoms with E-state index in [-0.39, 0.29) is 18.3 Å². The summed E-state index contributed by atoms with van der Waals surface area (Å²) in [5.41, 5.74) is 3.27. The topological polar surface area (TPSA) is 41.9 Å². The fourth-order valence-electron chi connectivity index (χ4n) is 4.40. The van der Waals surface area contributed by atoms with Crippen LogP contribution in [-0.4, -0.2) is 18.3 Å². The molecule has 0 saturated heterocycles. The van der Waals surface area contributed by atoms with Gasteiger partial charge in [-0.05, 0) is 42.7 Å². The Balaban J connectivity index is 1.56. The zero-order valence-electron chi connectivity index (χ0n) is 16.6. The zero-order chi connectivity index (χ0) is 20.7. The molecule has 5 rings (SSSR count). The number of hydrazone groups is 1. The molecule has 0 bridgehead atoms. The summed E-state index contributed by atoms with van der Waals surface area (Å²) in [5, 5.41) is 6.41. The highest BCUT2D eigenvalue weighted by atomic mass is 19.1. The number of halogens is 1. The molecule has 0 amide bonds. The Morgan fingerprint density at radius 2 is 1.70 bits per heavy atom. The monoisotopic (exact) mass is 400 g/mol. The molecule has 2 aliphatic rings. The Morgan fingerprint density at radius 3 is 2.40 bits per heavy atom. The maximum Gasteiger partial charge on any atom is 0.354 e. The second-order valence-electron chi connectivity index (χ2n) is 7.59. The molecule has 1 fully saturated rings. The van der Waals surface area contributed by atoms with Crippen LogP contribution in [0.3, 0.4) is 0 Å². The minimum atomic E-state index is -0.679. The van der Waals surface area contributed by atoms with Crippen molar-refractivity contribution in [3.05, 3.63) is 90.2 Å². The number of esters is 1. The van der Waals surface area contributed by atoms with Gasteiger partial charge >= 0.3 is 5.97 Å². The van der Waals surface area contributed by atoms with Gasteiger partial charge in [-0.2, -0.15) is 5.10 Å². The van der Waals surface area contributed by atoms with Crippen LogP contribution < -0.4 is 5.01 Å². The third-order valence-electron chi connectivity index (χ3n) is 5.89. The van der Waals surface area contributed by atoms with Gasteiger partial charge in [-0.25, -0.2) is 9.18 Å². The van der Waals surface area contributed by atoms with E-state index in [9.17, 15) is 9.18 Å². The maximum atomic E-state index is 14.8. The molecule has 0 aromatic heterocycles. The summed E-state index contributed by atoms with van der Waals surface area (Å²) in [4.78, 5) is 12.5. The molecular weight excluding hydrogens is 379 g/mol. The van der Waals surface area contributed by atoms with E-state index >= 15 is 0 Å². The van der Waals surface area contributed by atoms with Crippen LogP contribution in [0, 0.1) is 11.7 Å². The van der Waals surface area contributed by atoms with Crippen molar-refractivity contribution >= 4 is 17.4 Å². The molecule has 1 heterocycles. The number of fused-ring (bicyclic) bond motifs is 1. The predicted octanol–water partition coefficient (Wildman–Crippen LogP) is 5.15. The number of carbonyl (C=O) groups excluding carboxylic acids is 1. The van der Waals surface area contributed by atoms with Gasteiger partial charge in [0, 0.05) is 11.5 Å². The van der Waals surface area contributed by atoms with E-state index in [4.69, 9.17) is 4.74 Å². The molecule has 3 aromatic rings. The molecule has 5 heteroatoms. The third-order valence-corrected chi connectivity index (χ3v) is 5.89. The van der Waals surface area contributed by atoms with Crippen molar-refractivity contribution in [1.82, 2.24) is 0 Å². The molecule has 3 aromatic carbocycles. The standard InChI is InChI=1S/C25H21FN2O2/c1-2-30-24(29)23-21-16-25(21,20-10-6-7-11-22(20)26)28(27-23)19-14-12-18(13-15-19)17-8-4-3-5-9-17/h3-15,21H,2,16H2,1H3. The van der Waals surface area contributed by atoms with Crippen molar-refractivity contribution in [2.75, 3.05) is 11.6 Å². The number of rotatable bonds is 5. The summed E-state index contributed by atoms with van der Waals surface area (Å²) < 4.78 is 20.0. The highest BCUT2D eigenvalue weighted by Gasteiger charge is 2.68. The molecule has 0 radical (unpaired) electrons. The minimum Gasteiger partial charge on any atom is -0.461 e. The smallest absolute Gasteiger partial charge is 0.354 e. The quantitative estimate of drug-likeness (QED) is 0.557. The normalized spacial score (nSPS) is 21.7. The van der Waals surface area contributed by atoms with E-state index in [2.05, 4.69) is 17.2 Å². The Labute approximate surface area is 174 Å². The third kappa shape index (κ3) is 2.81. The van der Waals surface area contributed by atoms with Crippen LogP contribution in [0.15, 0.2) is 84.0 Å². The van der Waals surface area contributed by atoms with Crippen LogP contribution >= 0.6 is 0 Å². The summed E-state index contributed by atoms with van der Waals surface area (Å²) in [6.07, 6.45) is 0.631.